The van der Waals surface area contributed by atoms with Crippen LogP contribution in [0.2, 0.25) is 5.15 Å². The van der Waals surface area contributed by atoms with E-state index in [-0.39, 0.29) is 5.69 Å². The van der Waals surface area contributed by atoms with Gasteiger partial charge in [-0.15, -0.1) is 0 Å². The van der Waals surface area contributed by atoms with Crippen LogP contribution in [-0.2, 0) is 0 Å². The molecule has 2 aromatic heterocycles. The molecule has 0 saturated heterocycles. The van der Waals surface area contributed by atoms with Crippen LogP contribution in [0.1, 0.15) is 42.9 Å². The minimum Gasteiger partial charge on any atom is -0.476 e. The summed E-state index contributed by atoms with van der Waals surface area (Å²) in [7, 11) is 0. The lowest BCUT2D eigenvalue weighted by atomic mass is 10.0. The molecular weight excluding hydrogens is 290 g/mol. The number of carboxylic acid groups (broad SMARTS) is 1. The summed E-state index contributed by atoms with van der Waals surface area (Å²) < 4.78 is 1.32. The van der Waals surface area contributed by atoms with Gasteiger partial charge < -0.3 is 5.11 Å². The standard InChI is InChI=1S/C13H10ClN3O2.C2H6/c14-11-6-9(8-4-2-1-3-5-8)15-12-7-10(13(18)19)16-17(11)12;1-2/h2,4-7H,1,3H2,(H,18,19);1-2H3. The summed E-state index contributed by atoms with van der Waals surface area (Å²) in [6.45, 7) is 4.00. The summed E-state index contributed by atoms with van der Waals surface area (Å²) in [5.41, 5.74) is 2.08. The molecule has 3 rings (SSSR count). The highest BCUT2D eigenvalue weighted by Crippen LogP contribution is 2.23. The molecule has 5 nitrogen and oxygen atoms in total. The second-order valence-electron chi connectivity index (χ2n) is 4.21. The van der Waals surface area contributed by atoms with Crippen molar-refractivity contribution in [3.05, 3.63) is 46.9 Å². The highest BCUT2D eigenvalue weighted by atomic mass is 35.5. The molecule has 6 heteroatoms. The van der Waals surface area contributed by atoms with Gasteiger partial charge in [-0.1, -0.05) is 43.7 Å². The van der Waals surface area contributed by atoms with Crippen molar-refractivity contribution in [3.63, 3.8) is 0 Å². The Morgan fingerprint density at radius 3 is 2.71 bits per heavy atom. The first-order valence-corrected chi connectivity index (χ1v) is 7.19. The molecule has 1 aliphatic rings. The van der Waals surface area contributed by atoms with Gasteiger partial charge in [-0.25, -0.2) is 14.3 Å². The van der Waals surface area contributed by atoms with E-state index in [1.165, 1.54) is 10.6 Å². The van der Waals surface area contributed by atoms with Crippen molar-refractivity contribution in [3.8, 4) is 0 Å². The number of halogens is 1. The number of rotatable bonds is 2. The maximum atomic E-state index is 10.9. The molecule has 0 aliphatic heterocycles. The molecule has 110 valence electrons. The number of hydrogen-bond acceptors (Lipinski definition) is 3. The molecule has 0 amide bonds. The molecule has 1 aliphatic carbocycles. The van der Waals surface area contributed by atoms with Gasteiger partial charge in [0, 0.05) is 12.1 Å². The molecule has 1 N–H and O–H groups in total. The van der Waals surface area contributed by atoms with Gasteiger partial charge in [-0.3, -0.25) is 0 Å². The van der Waals surface area contributed by atoms with Crippen molar-refractivity contribution in [1.82, 2.24) is 14.6 Å². The largest absolute Gasteiger partial charge is 0.476 e. The van der Waals surface area contributed by atoms with Crippen LogP contribution in [0.15, 0.2) is 30.4 Å². The quantitative estimate of drug-likeness (QED) is 0.856. The monoisotopic (exact) mass is 305 g/mol. The average Bonchev–Trinajstić information content (AvgIpc) is 2.95. The van der Waals surface area contributed by atoms with Crippen LogP contribution in [-0.4, -0.2) is 25.7 Å². The molecule has 0 saturated carbocycles. The first kappa shape index (κ1) is 15.3. The molecule has 2 heterocycles. The number of carbonyl (C=O) groups is 1. The number of fused-ring (bicyclic) bond motifs is 1. The molecule has 0 aromatic carbocycles. The maximum Gasteiger partial charge on any atom is 0.356 e. The molecule has 2 aromatic rings. The number of allylic oxidation sites excluding steroid dienone is 4. The smallest absolute Gasteiger partial charge is 0.356 e. The lowest BCUT2D eigenvalue weighted by molar-refractivity contribution is 0.0690. The number of hydrogen-bond donors (Lipinski definition) is 1. The van der Waals surface area contributed by atoms with E-state index in [9.17, 15) is 4.79 Å². The van der Waals surface area contributed by atoms with Crippen LogP contribution < -0.4 is 0 Å². The highest BCUT2D eigenvalue weighted by molar-refractivity contribution is 6.29. The number of carboxylic acids is 1. The zero-order valence-corrected chi connectivity index (χ0v) is 12.6. The summed E-state index contributed by atoms with van der Waals surface area (Å²) in [4.78, 5) is 15.3. The summed E-state index contributed by atoms with van der Waals surface area (Å²) in [6.07, 6.45) is 8.15. The van der Waals surface area contributed by atoms with Crippen molar-refractivity contribution in [2.24, 2.45) is 0 Å². The fourth-order valence-electron chi connectivity index (χ4n) is 1.99. The van der Waals surface area contributed by atoms with Gasteiger partial charge in [-0.05, 0) is 18.4 Å². The van der Waals surface area contributed by atoms with Crippen LogP contribution >= 0.6 is 11.6 Å². The van der Waals surface area contributed by atoms with E-state index in [0.717, 1.165) is 24.1 Å². The van der Waals surface area contributed by atoms with Crippen LogP contribution in [0, 0.1) is 0 Å². The maximum absolute atomic E-state index is 10.9. The minimum atomic E-state index is -1.10. The molecule has 0 spiro atoms. The van der Waals surface area contributed by atoms with E-state index in [2.05, 4.69) is 22.2 Å². The van der Waals surface area contributed by atoms with Crippen LogP contribution in [0.4, 0.5) is 0 Å². The van der Waals surface area contributed by atoms with Crippen LogP contribution in [0.25, 0.3) is 11.2 Å². The van der Waals surface area contributed by atoms with Crippen molar-refractivity contribution in [2.75, 3.05) is 0 Å². The summed E-state index contributed by atoms with van der Waals surface area (Å²) in [5.74, 6) is -1.10. The molecular formula is C15H16ClN3O2. The lowest BCUT2D eigenvalue weighted by Crippen LogP contribution is -1.99. The Labute approximate surface area is 127 Å². The predicted octanol–water partition coefficient (Wildman–Crippen LogP) is 3.84. The Balaban J connectivity index is 0.000000774. The van der Waals surface area contributed by atoms with Gasteiger partial charge in [0.2, 0.25) is 0 Å². The Morgan fingerprint density at radius 2 is 2.10 bits per heavy atom. The highest BCUT2D eigenvalue weighted by Gasteiger charge is 2.14. The van der Waals surface area contributed by atoms with Gasteiger partial charge in [0.25, 0.3) is 0 Å². The molecule has 21 heavy (non-hydrogen) atoms. The molecule has 0 unspecified atom stereocenters. The zero-order valence-electron chi connectivity index (χ0n) is 11.9. The van der Waals surface area contributed by atoms with Gasteiger partial charge in [-0.2, -0.15) is 5.10 Å². The average molecular weight is 306 g/mol. The normalized spacial score (nSPS) is 13.6. The predicted molar refractivity (Wildman–Crippen MR) is 82.7 cm³/mol. The Bertz CT molecular complexity index is 732. The second kappa shape index (κ2) is 6.54. The number of aromatic carboxylic acids is 1. The number of nitrogens with zero attached hydrogens (tertiary/aromatic N) is 3. The minimum absolute atomic E-state index is 0.0697. The fourth-order valence-corrected chi connectivity index (χ4v) is 2.22. The van der Waals surface area contributed by atoms with Crippen molar-refractivity contribution >= 4 is 28.8 Å². The van der Waals surface area contributed by atoms with E-state index >= 15 is 0 Å². The molecule has 0 atom stereocenters. The third kappa shape index (κ3) is 3.13. The first-order valence-electron chi connectivity index (χ1n) is 6.82. The van der Waals surface area contributed by atoms with Crippen LogP contribution in [0.3, 0.4) is 0 Å². The Morgan fingerprint density at radius 1 is 1.33 bits per heavy atom. The fraction of sp³-hybridized carbons (Fsp3) is 0.267. The van der Waals surface area contributed by atoms with E-state index in [0.29, 0.717) is 10.8 Å². The van der Waals surface area contributed by atoms with Gasteiger partial charge in [0.15, 0.2) is 11.3 Å². The number of aromatic nitrogens is 3. The topological polar surface area (TPSA) is 67.5 Å². The molecule has 0 fully saturated rings. The van der Waals surface area contributed by atoms with Crippen LogP contribution in [0.5, 0.6) is 0 Å². The van der Waals surface area contributed by atoms with E-state index < -0.39 is 5.97 Å². The van der Waals surface area contributed by atoms with Gasteiger partial charge in [0.05, 0.1) is 5.69 Å². The zero-order chi connectivity index (χ0) is 15.4. The lowest BCUT2D eigenvalue weighted by Gasteiger charge is -2.07. The van der Waals surface area contributed by atoms with Crippen molar-refractivity contribution in [2.45, 2.75) is 26.7 Å². The van der Waals surface area contributed by atoms with E-state index in [1.54, 1.807) is 6.07 Å². The molecule has 0 radical (unpaired) electrons. The Kier molecular flexibility index (Phi) is 4.75. The first-order chi connectivity index (χ1) is 10.1. The van der Waals surface area contributed by atoms with Gasteiger partial charge >= 0.3 is 5.97 Å². The second-order valence-corrected chi connectivity index (χ2v) is 4.60. The summed E-state index contributed by atoms with van der Waals surface area (Å²) in [6, 6.07) is 3.10. The summed E-state index contributed by atoms with van der Waals surface area (Å²) >= 11 is 6.12. The summed E-state index contributed by atoms with van der Waals surface area (Å²) in [5, 5.41) is 13.1. The molecule has 0 bridgehead atoms. The van der Waals surface area contributed by atoms with Crippen molar-refractivity contribution < 1.29 is 9.90 Å². The SMILES string of the molecule is CC.O=C(O)c1cc2nc(C3=CCCC=C3)cc(Cl)n2n1. The van der Waals surface area contributed by atoms with E-state index in [4.69, 9.17) is 16.7 Å². The third-order valence-corrected chi connectivity index (χ3v) is 3.16. The Hall–Kier alpha value is -2.14. The third-order valence-electron chi connectivity index (χ3n) is 2.89. The van der Waals surface area contributed by atoms with Gasteiger partial charge in [0.1, 0.15) is 5.15 Å². The van der Waals surface area contributed by atoms with E-state index in [1.807, 2.05) is 19.9 Å². The van der Waals surface area contributed by atoms with Crippen molar-refractivity contribution in [1.29, 1.82) is 0 Å².